The molecule has 0 radical (unpaired) electrons. The highest BCUT2D eigenvalue weighted by atomic mass is 28.4. The lowest BCUT2D eigenvalue weighted by molar-refractivity contribution is 0.346. The zero-order chi connectivity index (χ0) is 17.5. The Balaban J connectivity index is 2.56. The van der Waals surface area contributed by atoms with Crippen LogP contribution < -0.4 is 10.4 Å². The zero-order valence-electron chi connectivity index (χ0n) is 15.0. The molecule has 0 unspecified atom stereocenters. The number of benzene rings is 2. The molecule has 0 aliphatic rings. The fourth-order valence-electron chi connectivity index (χ4n) is 3.09. The summed E-state index contributed by atoms with van der Waals surface area (Å²) in [6.07, 6.45) is 3.80. The molecule has 0 spiro atoms. The Labute approximate surface area is 147 Å². The van der Waals surface area contributed by atoms with Gasteiger partial charge in [0.15, 0.2) is 0 Å². The Hall–Kier alpha value is -2.08. The molecule has 0 aromatic heterocycles. The van der Waals surface area contributed by atoms with Crippen LogP contribution in [-0.4, -0.2) is 14.9 Å². The molecule has 0 amide bonds. The zero-order valence-corrected chi connectivity index (χ0v) is 16.0. The molecule has 0 aliphatic heterocycles. The van der Waals surface area contributed by atoms with Crippen molar-refractivity contribution in [1.82, 2.24) is 0 Å². The van der Waals surface area contributed by atoms with Gasteiger partial charge in [0, 0.05) is 0 Å². The molecule has 0 saturated heterocycles. The summed E-state index contributed by atoms with van der Waals surface area (Å²) in [5.41, 5.74) is 0. The van der Waals surface area contributed by atoms with Gasteiger partial charge in [0.2, 0.25) is 0 Å². The first-order valence-corrected chi connectivity index (χ1v) is 10.3. The second-order valence-corrected chi connectivity index (χ2v) is 11.1. The van der Waals surface area contributed by atoms with Gasteiger partial charge in [-0.25, -0.2) is 0 Å². The van der Waals surface area contributed by atoms with Gasteiger partial charge in [-0.15, -0.1) is 0 Å². The van der Waals surface area contributed by atoms with Crippen molar-refractivity contribution < 1.29 is 4.43 Å². The van der Waals surface area contributed by atoms with E-state index in [1.165, 1.54) is 10.4 Å². The van der Waals surface area contributed by atoms with Gasteiger partial charge in [-0.3, -0.25) is 0 Å². The molecule has 24 heavy (non-hydrogen) atoms. The fourth-order valence-corrected chi connectivity index (χ4v) is 7.53. The lowest BCUT2D eigenvalue weighted by atomic mass is 10.2. The number of hydrogen-bond donors (Lipinski definition) is 0. The average Bonchev–Trinajstić information content (AvgIpc) is 2.59. The molecule has 2 rings (SSSR count). The highest BCUT2D eigenvalue weighted by Crippen LogP contribution is 2.36. The normalized spacial score (nSPS) is 12.0. The van der Waals surface area contributed by atoms with Crippen LogP contribution in [0.1, 0.15) is 27.7 Å². The highest BCUT2D eigenvalue weighted by Gasteiger charge is 2.49. The largest absolute Gasteiger partial charge is 0.396 e. The average molecular weight is 335 g/mol. The summed E-state index contributed by atoms with van der Waals surface area (Å²) in [7, 11) is -2.44. The summed E-state index contributed by atoms with van der Waals surface area (Å²) in [6, 6.07) is 21.3. The van der Waals surface area contributed by atoms with Gasteiger partial charge in [-0.2, -0.15) is 0 Å². The molecule has 0 N–H and O–H groups in total. The number of allylic oxidation sites excluding steroid dienone is 2. The van der Waals surface area contributed by atoms with Crippen LogP contribution in [0.15, 0.2) is 72.8 Å². The van der Waals surface area contributed by atoms with Crippen molar-refractivity contribution in [2.24, 2.45) is 0 Å². The molecule has 2 heteroatoms. The van der Waals surface area contributed by atoms with Crippen LogP contribution in [0, 0.1) is 11.8 Å². The first-order chi connectivity index (χ1) is 11.5. The summed E-state index contributed by atoms with van der Waals surface area (Å²) in [5.74, 6) is 6.16. The molecule has 0 bridgehead atoms. The van der Waals surface area contributed by atoms with E-state index in [1.54, 1.807) is 0 Å². The molecule has 2 aromatic carbocycles. The second-order valence-electron chi connectivity index (χ2n) is 6.77. The quantitative estimate of drug-likeness (QED) is 0.603. The van der Waals surface area contributed by atoms with Gasteiger partial charge in [0.25, 0.3) is 8.32 Å². The Bertz CT molecular complexity index is 676. The second kappa shape index (κ2) is 8.15. The smallest absolute Gasteiger partial charge is 0.262 e. The third kappa shape index (κ3) is 3.87. The standard InChI is InChI=1S/C22H26OSi/c1-5-6-7-14-19-23-24(22(2,3)4,20-15-10-8-11-16-20)21-17-12-9-13-18-21/h5-6,8-13,15-18H,19H2,1-4H3/b6-5+. The molecule has 1 nitrogen and oxygen atoms in total. The van der Waals surface area contributed by atoms with Crippen LogP contribution in [-0.2, 0) is 4.43 Å². The van der Waals surface area contributed by atoms with Crippen LogP contribution in [0.25, 0.3) is 0 Å². The van der Waals surface area contributed by atoms with Crippen molar-refractivity contribution >= 4 is 18.7 Å². The van der Waals surface area contributed by atoms with Crippen LogP contribution in [0.2, 0.25) is 5.04 Å². The summed E-state index contributed by atoms with van der Waals surface area (Å²) in [6.45, 7) is 9.24. The lowest BCUT2D eigenvalue weighted by Crippen LogP contribution is -2.66. The molecule has 0 fully saturated rings. The molecular weight excluding hydrogens is 308 g/mol. The van der Waals surface area contributed by atoms with Gasteiger partial charge in [-0.05, 0) is 28.4 Å². The van der Waals surface area contributed by atoms with Gasteiger partial charge < -0.3 is 4.43 Å². The van der Waals surface area contributed by atoms with Gasteiger partial charge in [-0.1, -0.05) is 99.4 Å². The van der Waals surface area contributed by atoms with Gasteiger partial charge >= 0.3 is 0 Å². The third-order valence-corrected chi connectivity index (χ3v) is 9.11. The number of hydrogen-bond acceptors (Lipinski definition) is 1. The van der Waals surface area contributed by atoms with Crippen molar-refractivity contribution in [3.63, 3.8) is 0 Å². The van der Waals surface area contributed by atoms with E-state index in [4.69, 9.17) is 4.43 Å². The minimum absolute atomic E-state index is 0.00200. The Morgan fingerprint density at radius 1 is 0.917 bits per heavy atom. The van der Waals surface area contributed by atoms with E-state index < -0.39 is 8.32 Å². The molecule has 124 valence electrons. The third-order valence-electron chi connectivity index (χ3n) is 4.13. The summed E-state index contributed by atoms with van der Waals surface area (Å²) < 4.78 is 6.64. The van der Waals surface area contributed by atoms with E-state index in [2.05, 4.69) is 93.3 Å². The van der Waals surface area contributed by atoms with E-state index in [9.17, 15) is 0 Å². The van der Waals surface area contributed by atoms with Crippen molar-refractivity contribution in [2.75, 3.05) is 6.61 Å². The summed E-state index contributed by atoms with van der Waals surface area (Å²) in [4.78, 5) is 0. The maximum atomic E-state index is 6.64. The van der Waals surface area contributed by atoms with E-state index in [0.29, 0.717) is 6.61 Å². The van der Waals surface area contributed by atoms with Crippen molar-refractivity contribution in [3.8, 4) is 11.8 Å². The van der Waals surface area contributed by atoms with Gasteiger partial charge in [0.05, 0.1) is 6.61 Å². The van der Waals surface area contributed by atoms with E-state index >= 15 is 0 Å². The maximum Gasteiger partial charge on any atom is 0.262 e. The molecule has 2 aromatic rings. The summed E-state index contributed by atoms with van der Waals surface area (Å²) in [5, 5.41) is 2.57. The Morgan fingerprint density at radius 2 is 1.42 bits per heavy atom. The van der Waals surface area contributed by atoms with Crippen LogP contribution >= 0.6 is 0 Å². The molecule has 0 heterocycles. The topological polar surface area (TPSA) is 9.23 Å². The fraction of sp³-hybridized carbons (Fsp3) is 0.273. The Kier molecular flexibility index (Phi) is 6.20. The SMILES string of the molecule is C/C=C/C#CCO[Si](c1ccccc1)(c1ccccc1)C(C)(C)C. The van der Waals surface area contributed by atoms with Crippen LogP contribution in [0.5, 0.6) is 0 Å². The molecule has 0 aliphatic carbocycles. The monoisotopic (exact) mass is 334 g/mol. The van der Waals surface area contributed by atoms with E-state index in [1.807, 2.05) is 19.1 Å². The Morgan fingerprint density at radius 3 is 1.83 bits per heavy atom. The van der Waals surface area contributed by atoms with Crippen molar-refractivity contribution in [2.45, 2.75) is 32.7 Å². The first-order valence-electron chi connectivity index (χ1n) is 8.37. The maximum absolute atomic E-state index is 6.64. The van der Waals surface area contributed by atoms with Crippen LogP contribution in [0.3, 0.4) is 0 Å². The molecular formula is C22H26OSi. The molecule has 0 atom stereocenters. The minimum Gasteiger partial charge on any atom is -0.396 e. The predicted octanol–water partition coefficient (Wildman–Crippen LogP) is 4.14. The van der Waals surface area contributed by atoms with E-state index in [-0.39, 0.29) is 5.04 Å². The number of rotatable bonds is 4. The van der Waals surface area contributed by atoms with E-state index in [0.717, 1.165) is 0 Å². The predicted molar refractivity (Wildman–Crippen MR) is 106 cm³/mol. The van der Waals surface area contributed by atoms with Crippen LogP contribution in [0.4, 0.5) is 0 Å². The van der Waals surface area contributed by atoms with Gasteiger partial charge in [0.1, 0.15) is 0 Å². The lowest BCUT2D eigenvalue weighted by Gasteiger charge is -2.42. The van der Waals surface area contributed by atoms with Crippen molar-refractivity contribution in [3.05, 3.63) is 72.8 Å². The summed E-state index contributed by atoms with van der Waals surface area (Å²) >= 11 is 0. The molecule has 0 saturated carbocycles. The first kappa shape index (κ1) is 18.3. The van der Waals surface area contributed by atoms with Crippen molar-refractivity contribution in [1.29, 1.82) is 0 Å². The minimum atomic E-state index is -2.44. The highest BCUT2D eigenvalue weighted by molar-refractivity contribution is 6.99.